The summed E-state index contributed by atoms with van der Waals surface area (Å²) >= 11 is 5.04. The number of nitrogen functional groups attached to an aromatic ring is 3. The fourth-order valence-corrected chi connectivity index (χ4v) is 22.4. The number of phosphoric acid groups is 4. The summed E-state index contributed by atoms with van der Waals surface area (Å²) in [5.41, 5.74) is 15.2. The van der Waals surface area contributed by atoms with Gasteiger partial charge in [0.2, 0.25) is 10.9 Å². The summed E-state index contributed by atoms with van der Waals surface area (Å²) in [5, 5.41) is 68.6. The second kappa shape index (κ2) is 38.9. The number of halogens is 3. The van der Waals surface area contributed by atoms with Gasteiger partial charge in [0.25, 0.3) is 16.7 Å². The van der Waals surface area contributed by atoms with Crippen molar-refractivity contribution < 1.29 is 160 Å². The quantitative estimate of drug-likeness (QED) is 0.0332. The zero-order chi connectivity index (χ0) is 103. The summed E-state index contributed by atoms with van der Waals surface area (Å²) < 4.78 is 189. The summed E-state index contributed by atoms with van der Waals surface area (Å²) in [6.45, 7) is -3.58. The third-order valence-corrected chi connectivity index (χ3v) is 28.9. The fraction of sp³-hybridized carbons (Fsp3) is 0.514. The number of aromatic nitrogens is 23. The predicted octanol–water partition coefficient (Wildman–Crippen LogP) is -3.35. The third-order valence-electron chi connectivity index (χ3n) is 24.1. The number of nitrogens with zero attached hydrogens (tertiary/aromatic N) is 20. The van der Waals surface area contributed by atoms with Gasteiger partial charge in [-0.05, 0) is 51.5 Å². The Balaban J connectivity index is 0.000000137. The van der Waals surface area contributed by atoms with Crippen LogP contribution in [0, 0.1) is 20.8 Å². The minimum Gasteiger partial charge on any atom is -0.394 e. The number of hydrogen-bond donors (Lipinski definition) is 18. The molecule has 0 radical (unpaired) electrons. The van der Waals surface area contributed by atoms with Crippen LogP contribution in [0.3, 0.4) is 0 Å². The first-order chi connectivity index (χ1) is 68.1. The van der Waals surface area contributed by atoms with Crippen molar-refractivity contribution >= 4 is 140 Å². The number of phosphoric ester groups is 4. The largest absolute Gasteiger partial charge is 0.472 e. The average molecular weight is 2150 g/mol. The molecule has 20 heterocycles. The number of fused-ring (bicyclic) bond motifs is 14. The predicted molar refractivity (Wildman–Crippen MR) is 473 cm³/mol. The molecule has 6 bridgehead atoms. The van der Waals surface area contributed by atoms with Crippen molar-refractivity contribution in [1.29, 1.82) is 0 Å². The van der Waals surface area contributed by atoms with Crippen LogP contribution in [0.4, 0.5) is 36.3 Å². The lowest BCUT2D eigenvalue weighted by molar-refractivity contribution is -0.196. The van der Waals surface area contributed by atoms with Crippen molar-refractivity contribution in [3.8, 4) is 0 Å². The Hall–Kier alpha value is -10.7. The van der Waals surface area contributed by atoms with E-state index in [9.17, 15) is 111 Å². The number of aliphatic hydroxyl groups excluding tert-OH is 6. The van der Waals surface area contributed by atoms with Crippen LogP contribution in [-0.4, -0.2) is 330 Å². The molecule has 29 atom stereocenters. The van der Waals surface area contributed by atoms with Crippen LogP contribution in [-0.2, 0) is 110 Å². The monoisotopic (exact) mass is 2150 g/mol. The Labute approximate surface area is 801 Å². The van der Waals surface area contributed by atoms with E-state index in [2.05, 4.69) is 90.0 Å². The molecule has 63 nitrogen and oxygen atoms in total. The number of aryl methyl sites for hydroxylation is 3. The molecule has 13 aromatic rings. The van der Waals surface area contributed by atoms with Crippen LogP contribution >= 0.6 is 37.8 Å². The van der Waals surface area contributed by atoms with E-state index >= 15 is 0 Å². The molecule has 144 heavy (non-hydrogen) atoms. The van der Waals surface area contributed by atoms with Crippen molar-refractivity contribution in [2.75, 3.05) is 68.8 Å². The standard InChI is InChI=1S/C26H27N10O11P.C23H26F3N9O13P2.C23H30N8O12P2S/c1-8-32-23-15(24(41)33-8)31-7-36(23)25-13-17(38)11(46-25)4-44-48(42,43)47-20-10(3-2-9-12(34-13)18(39)16(9)37)45-26(19(20)40)35-6-30-14-21(27)28-5-29-22(14)35;1-8-32-19-12(20(37)33-8)31-7-35(19)22-16-14(42-4-23(24,25)26)10(46-22)3-44-49(38,39)47-15-13(36)9(2-43-50(40,41)48-16)45-21(15)34-6-30-11-17(27)28-5-29-18(11)34;1-9-28-19-10(21(35)29-9)3-4-30(19)22-16(42-44(2,36)46)15(34)12(41-22)6-39-45(37,38)43-17-14(33)11(5-32)40-23(17)31-8-27-13-18(24)25-7-26-20(13)31/h5-7,10-11,13,17,19-20,25-26,34,38,40H,2-4H2,1H3,(H,42,43)(H2,27,28,29)(H,32,33,41);5-7,9-10,13-16,21-22,36H,2-4H2,1H3,(H,38,39)(H,40,41)(H2,27,28,29)(H,32,33,37);3-4,7-8,11-12,14-17,22-23,32-34H,5-6H2,1-2H3,(H,36,46)(H,37,38)(H2,24,25,26)(H,28,29,35)/t10-,11-,13+,17?,19?,20+,25-,26-;9-,10-,13+,14?,15?,16+,21-,22-;11-,12-,14+,15?,16+,17?,22-,23-,44?/m111/s1. The van der Waals surface area contributed by atoms with E-state index in [1.54, 1.807) is 13.8 Å². The number of rotatable bonds is 16. The molecule has 0 aliphatic carbocycles. The van der Waals surface area contributed by atoms with Crippen molar-refractivity contribution in [3.05, 3.63) is 137 Å². The number of imidazole rings is 5. The van der Waals surface area contributed by atoms with E-state index < -0.39 is 258 Å². The molecule has 7 saturated heterocycles. The maximum atomic E-state index is 13.4. The molecule has 774 valence electrons. The first-order valence-electron chi connectivity index (χ1n) is 42.6. The van der Waals surface area contributed by atoms with Gasteiger partial charge in [0.1, 0.15) is 169 Å². The van der Waals surface area contributed by atoms with E-state index in [-0.39, 0.29) is 120 Å². The zero-order valence-corrected chi connectivity index (χ0v) is 79.2. The summed E-state index contributed by atoms with van der Waals surface area (Å²) in [7, 11) is -20.7. The van der Waals surface area contributed by atoms with E-state index in [0.29, 0.717) is 5.82 Å². The first kappa shape index (κ1) is 102. The molecule has 0 amide bonds. The van der Waals surface area contributed by atoms with Crippen molar-refractivity contribution in [2.24, 2.45) is 0 Å². The average Bonchev–Trinajstić information content (AvgIpc) is 1.54. The van der Waals surface area contributed by atoms with Gasteiger partial charge in [0, 0.05) is 18.4 Å². The lowest BCUT2D eigenvalue weighted by Gasteiger charge is -2.28. The molecule has 21 N–H and O–H groups in total. The maximum Gasteiger partial charge on any atom is 0.472 e. The number of hydrogen-bond acceptors (Lipinski definition) is 50. The normalized spacial score (nSPS) is 33.1. The van der Waals surface area contributed by atoms with Crippen LogP contribution in [0.15, 0.2) is 86.9 Å². The number of ether oxygens (including phenoxy) is 7. The van der Waals surface area contributed by atoms with E-state index in [1.165, 1.54) is 74.0 Å². The summed E-state index contributed by atoms with van der Waals surface area (Å²) in [6.07, 6.45) is -28.7. The molecule has 1 aromatic carbocycles. The molecule has 72 heteroatoms. The van der Waals surface area contributed by atoms with Gasteiger partial charge < -0.3 is 135 Å². The molecule has 11 unspecified atom stereocenters. The number of aliphatic hydroxyl groups is 6. The highest BCUT2D eigenvalue weighted by atomic mass is 32.5. The van der Waals surface area contributed by atoms with Gasteiger partial charge >= 0.3 is 37.5 Å². The van der Waals surface area contributed by atoms with E-state index in [4.69, 9.17) is 103 Å². The Kier molecular flexibility index (Phi) is 27.5. The van der Waals surface area contributed by atoms with Gasteiger partial charge in [-0.1, -0.05) is 0 Å². The Morgan fingerprint density at radius 2 is 0.938 bits per heavy atom. The van der Waals surface area contributed by atoms with Gasteiger partial charge in [-0.15, -0.1) is 0 Å². The SMILES string of the molecule is Cc1nc2c(ccn2[C@@H]2O[C@H](COP(=O)(O)OC3[C@@H](O)[C@@H](CO)O[C@H]3n3cnc4c(N)ncnc43)C(O)[C@@H]2OP(C)(O)=S)c(=O)[nH]1.Cc1nc2c(ncn2[C@@H]2O[C@@H]3COP(=O)(O)OC4[C@@H](O)[C@@H](COP(=O)(O)O[C@H]2C3OCC(F)(F)F)O[C@H]4n2cnc3c(N)ncnc32)c(=O)[nH]1.Cc1nc2c(ncn2[C@@H]2O[C@@H]3COP(=O)(O)O[C@@H]4C(O)[C@H](n5cnc6c(N)ncnc65)O[C@@H]4CCc4c(c(=O)c4=O)N[C@H]2C3O)c(=O)[nH]1. The molecular formula is C72H83F3N27O36P5S. The van der Waals surface area contributed by atoms with Crippen molar-refractivity contribution in [3.63, 3.8) is 0 Å². The number of nitrogens with one attached hydrogen (secondary N) is 4. The number of aromatic amines is 3. The van der Waals surface area contributed by atoms with E-state index in [1.807, 2.05) is 0 Å². The Bertz CT molecular complexity index is 7650. The molecule has 12 aromatic heterocycles. The zero-order valence-electron chi connectivity index (χ0n) is 73.9. The van der Waals surface area contributed by atoms with E-state index in [0.717, 1.165) is 29.9 Å². The minimum absolute atomic E-state index is 0.0193. The highest BCUT2D eigenvalue weighted by Gasteiger charge is 2.59. The van der Waals surface area contributed by atoms with Gasteiger partial charge in [-0.3, -0.25) is 83.0 Å². The van der Waals surface area contributed by atoms with Crippen LogP contribution in [0.25, 0.3) is 66.9 Å². The Morgan fingerprint density at radius 3 is 1.49 bits per heavy atom. The number of alkyl halides is 3. The van der Waals surface area contributed by atoms with Crippen molar-refractivity contribution in [1.82, 2.24) is 112 Å². The summed E-state index contributed by atoms with van der Waals surface area (Å²) in [5.74, 6) is 0.773. The van der Waals surface area contributed by atoms with Gasteiger partial charge in [0.05, 0.1) is 81.8 Å². The lowest BCUT2D eigenvalue weighted by Crippen LogP contribution is -2.46. The maximum absolute atomic E-state index is 13.4. The molecule has 8 aliphatic rings. The number of H-pyrrole nitrogens is 3. The third kappa shape index (κ3) is 19.8. The second-order valence-corrected chi connectivity index (χ2v) is 43.1. The lowest BCUT2D eigenvalue weighted by atomic mass is 9.96. The van der Waals surface area contributed by atoms with Crippen molar-refractivity contribution in [2.45, 2.75) is 187 Å². The fourth-order valence-electron chi connectivity index (χ4n) is 17.6. The molecule has 0 saturated carbocycles. The molecular weight excluding hydrogens is 2060 g/mol. The highest BCUT2D eigenvalue weighted by Crippen LogP contribution is 2.57. The van der Waals surface area contributed by atoms with Crippen LogP contribution < -0.4 is 50.1 Å². The van der Waals surface area contributed by atoms with Crippen LogP contribution in [0.1, 0.15) is 66.8 Å². The first-order valence-corrected chi connectivity index (χ1v) is 51.8. The second-order valence-electron chi connectivity index (χ2n) is 33.7. The van der Waals surface area contributed by atoms with Crippen LogP contribution in [0.2, 0.25) is 0 Å². The molecule has 8 aliphatic heterocycles. The summed E-state index contributed by atoms with van der Waals surface area (Å²) in [6, 6.07) is 0.329. The van der Waals surface area contributed by atoms with Gasteiger partial charge in [0.15, 0.2) is 101 Å². The molecule has 7 fully saturated rings. The summed E-state index contributed by atoms with van der Waals surface area (Å²) in [4.78, 5) is 181. The van der Waals surface area contributed by atoms with Gasteiger partial charge in [-0.25, -0.2) is 88.0 Å². The minimum atomic E-state index is -5.34. The topological polar surface area (TPSA) is 871 Å². The molecule has 0 spiro atoms. The number of anilines is 4. The smallest absolute Gasteiger partial charge is 0.394 e. The Morgan fingerprint density at radius 1 is 0.500 bits per heavy atom. The van der Waals surface area contributed by atoms with Crippen LogP contribution in [0.5, 0.6) is 0 Å². The number of nitrogens with two attached hydrogens (primary N) is 3. The van der Waals surface area contributed by atoms with Gasteiger partial charge in [-0.2, -0.15) is 13.2 Å². The molecule has 21 rings (SSSR count). The highest BCUT2D eigenvalue weighted by molar-refractivity contribution is 8.09.